The fraction of sp³-hybridized carbons (Fsp3) is 0.522. The molecule has 158 valence electrons. The molecule has 1 amide bonds. The van der Waals surface area contributed by atoms with Crippen LogP contribution in [-0.4, -0.2) is 41.9 Å². The van der Waals surface area contributed by atoms with E-state index in [1.54, 1.807) is 27.8 Å². The molecule has 1 heterocycles. The van der Waals surface area contributed by atoms with Crippen LogP contribution in [0.2, 0.25) is 0 Å². The van der Waals surface area contributed by atoms with Gasteiger partial charge in [-0.2, -0.15) is 0 Å². The zero-order valence-electron chi connectivity index (χ0n) is 17.7. The van der Waals surface area contributed by atoms with E-state index in [1.807, 2.05) is 42.5 Å². The highest BCUT2D eigenvalue weighted by Crippen LogP contribution is 2.23. The van der Waals surface area contributed by atoms with Crippen LogP contribution in [0.25, 0.3) is 0 Å². The van der Waals surface area contributed by atoms with E-state index in [-0.39, 0.29) is 31.3 Å². The molecular weight excluding hydrogens is 370 g/mol. The van der Waals surface area contributed by atoms with Gasteiger partial charge >= 0.3 is 11.9 Å². The predicted octanol–water partition coefficient (Wildman–Crippen LogP) is 3.82. The number of cyclic esters (lactones) is 1. The number of carbonyl (C=O) groups is 3. The number of rotatable bonds is 3. The first-order valence-electron chi connectivity index (χ1n) is 10.0. The maximum absolute atomic E-state index is 13.1. The molecule has 1 aliphatic heterocycles. The Hall–Kier alpha value is -2.63. The molecule has 1 aromatic carbocycles. The number of hydrogen-bond acceptors (Lipinski definition) is 5. The van der Waals surface area contributed by atoms with Gasteiger partial charge in [-0.1, -0.05) is 42.5 Å². The van der Waals surface area contributed by atoms with Gasteiger partial charge in [0.25, 0.3) is 0 Å². The summed E-state index contributed by atoms with van der Waals surface area (Å²) in [5.41, 5.74) is 0.233. The third kappa shape index (κ3) is 7.72. The topological polar surface area (TPSA) is 72.9 Å². The van der Waals surface area contributed by atoms with Gasteiger partial charge in [0.05, 0.1) is 18.9 Å². The third-order valence-corrected chi connectivity index (χ3v) is 4.55. The van der Waals surface area contributed by atoms with Crippen LogP contribution in [0.15, 0.2) is 42.5 Å². The van der Waals surface area contributed by atoms with Gasteiger partial charge in [0.15, 0.2) is 0 Å². The van der Waals surface area contributed by atoms with Crippen molar-refractivity contribution in [1.82, 2.24) is 4.90 Å². The summed E-state index contributed by atoms with van der Waals surface area (Å²) in [6, 6.07) is 9.38. The second-order valence-corrected chi connectivity index (χ2v) is 8.34. The lowest BCUT2D eigenvalue weighted by Crippen LogP contribution is -2.38. The van der Waals surface area contributed by atoms with Gasteiger partial charge in [0.2, 0.25) is 5.91 Å². The van der Waals surface area contributed by atoms with Gasteiger partial charge in [0.1, 0.15) is 11.7 Å². The smallest absolute Gasteiger partial charge is 0.307 e. The first-order chi connectivity index (χ1) is 13.7. The maximum atomic E-state index is 13.1. The second-order valence-electron chi connectivity index (χ2n) is 8.34. The van der Waals surface area contributed by atoms with E-state index in [1.165, 1.54) is 4.90 Å². The molecular formula is C23H31NO5. The third-order valence-electron chi connectivity index (χ3n) is 4.55. The highest BCUT2D eigenvalue weighted by atomic mass is 16.6. The number of likely N-dealkylation sites (N-methyl/N-ethyl adjacent to an activating group) is 1. The molecule has 0 radical (unpaired) electrons. The Morgan fingerprint density at radius 3 is 2.52 bits per heavy atom. The van der Waals surface area contributed by atoms with Crippen molar-refractivity contribution in [3.63, 3.8) is 0 Å². The number of amides is 1. The maximum Gasteiger partial charge on any atom is 0.307 e. The van der Waals surface area contributed by atoms with Crippen LogP contribution in [0.3, 0.4) is 0 Å². The van der Waals surface area contributed by atoms with Crippen molar-refractivity contribution in [3.05, 3.63) is 48.0 Å². The number of benzene rings is 1. The van der Waals surface area contributed by atoms with E-state index < -0.39 is 23.6 Å². The number of nitrogens with zero attached hydrogens (tertiary/aromatic N) is 1. The van der Waals surface area contributed by atoms with Crippen LogP contribution in [0.1, 0.15) is 58.1 Å². The summed E-state index contributed by atoms with van der Waals surface area (Å²) in [5, 5.41) is 0. The molecule has 2 atom stereocenters. The van der Waals surface area contributed by atoms with Gasteiger partial charge < -0.3 is 14.4 Å². The molecule has 0 N–H and O–H groups in total. The molecule has 2 rings (SSSR count). The van der Waals surface area contributed by atoms with Crippen LogP contribution in [0.4, 0.5) is 0 Å². The molecule has 0 saturated carbocycles. The van der Waals surface area contributed by atoms with Gasteiger partial charge in [-0.3, -0.25) is 14.4 Å². The minimum Gasteiger partial charge on any atom is -0.460 e. The van der Waals surface area contributed by atoms with Crippen LogP contribution < -0.4 is 0 Å². The highest BCUT2D eigenvalue weighted by molar-refractivity contribution is 5.84. The monoisotopic (exact) mass is 401 g/mol. The average molecular weight is 402 g/mol. The second kappa shape index (κ2) is 10.2. The predicted molar refractivity (Wildman–Crippen MR) is 110 cm³/mol. The zero-order chi connectivity index (χ0) is 21.4. The number of ether oxygens (including phenoxy) is 2. The van der Waals surface area contributed by atoms with Crippen molar-refractivity contribution in [1.29, 1.82) is 0 Å². The molecule has 0 fully saturated rings. The zero-order valence-corrected chi connectivity index (χ0v) is 17.7. The lowest BCUT2D eigenvalue weighted by molar-refractivity contribution is -0.158. The van der Waals surface area contributed by atoms with Gasteiger partial charge in [0, 0.05) is 13.5 Å². The van der Waals surface area contributed by atoms with Crippen LogP contribution in [0.5, 0.6) is 0 Å². The largest absolute Gasteiger partial charge is 0.460 e. The van der Waals surface area contributed by atoms with Crippen molar-refractivity contribution in [2.45, 2.75) is 58.2 Å². The molecule has 0 bridgehead atoms. The summed E-state index contributed by atoms with van der Waals surface area (Å²) in [6.45, 7) is 5.64. The summed E-state index contributed by atoms with van der Waals surface area (Å²) < 4.78 is 11.1. The SMILES string of the molecule is CN1C[C@@H](c2ccccc2)OC(=O)CC/C=C/C[C@@H](CC(=O)OC(C)(C)C)C1=O. The molecule has 6 nitrogen and oxygen atoms in total. The quantitative estimate of drug-likeness (QED) is 0.569. The minimum absolute atomic E-state index is 0.0145. The van der Waals surface area contributed by atoms with Gasteiger partial charge in [-0.25, -0.2) is 0 Å². The molecule has 6 heteroatoms. The van der Waals surface area contributed by atoms with Crippen molar-refractivity contribution < 1.29 is 23.9 Å². The van der Waals surface area contributed by atoms with Gasteiger partial charge in [-0.15, -0.1) is 0 Å². The molecule has 0 saturated heterocycles. The Bertz CT molecular complexity index is 735. The van der Waals surface area contributed by atoms with Crippen molar-refractivity contribution in [2.24, 2.45) is 5.92 Å². The molecule has 1 aliphatic rings. The van der Waals surface area contributed by atoms with E-state index in [2.05, 4.69) is 0 Å². The Balaban J connectivity index is 2.20. The van der Waals surface area contributed by atoms with E-state index in [0.29, 0.717) is 12.8 Å². The number of carbonyl (C=O) groups excluding carboxylic acids is 3. The summed E-state index contributed by atoms with van der Waals surface area (Å²) in [5.74, 6) is -1.37. The van der Waals surface area contributed by atoms with Crippen molar-refractivity contribution in [3.8, 4) is 0 Å². The van der Waals surface area contributed by atoms with Crippen molar-refractivity contribution >= 4 is 17.8 Å². The van der Waals surface area contributed by atoms with Crippen LogP contribution in [-0.2, 0) is 23.9 Å². The Morgan fingerprint density at radius 2 is 1.86 bits per heavy atom. The molecule has 0 aromatic heterocycles. The summed E-state index contributed by atoms with van der Waals surface area (Å²) >= 11 is 0. The first-order valence-corrected chi connectivity index (χ1v) is 10.0. The molecule has 0 aliphatic carbocycles. The van der Waals surface area contributed by atoms with Gasteiger partial charge in [-0.05, 0) is 39.2 Å². The molecule has 0 spiro atoms. The van der Waals surface area contributed by atoms with E-state index in [4.69, 9.17) is 9.47 Å². The lowest BCUT2D eigenvalue weighted by atomic mass is 9.98. The van der Waals surface area contributed by atoms with Crippen LogP contribution in [0, 0.1) is 5.92 Å². The lowest BCUT2D eigenvalue weighted by Gasteiger charge is -2.28. The average Bonchev–Trinajstić information content (AvgIpc) is 2.64. The molecule has 1 aromatic rings. The fourth-order valence-electron chi connectivity index (χ4n) is 3.18. The van der Waals surface area contributed by atoms with E-state index >= 15 is 0 Å². The normalized spacial score (nSPS) is 22.8. The highest BCUT2D eigenvalue weighted by Gasteiger charge is 2.29. The van der Waals surface area contributed by atoms with Crippen molar-refractivity contribution in [2.75, 3.05) is 13.6 Å². The first kappa shape index (κ1) is 22.7. The minimum atomic E-state index is -0.597. The molecule has 0 unspecified atom stereocenters. The Morgan fingerprint density at radius 1 is 1.17 bits per heavy atom. The molecule has 29 heavy (non-hydrogen) atoms. The summed E-state index contributed by atoms with van der Waals surface area (Å²) in [6.07, 6.45) is 4.40. The standard InChI is InChI=1S/C23H31NO5/c1-23(2,3)29-21(26)15-18-13-9-6-10-14-20(25)28-19(16-24(4)22(18)27)17-11-7-5-8-12-17/h5-9,11-12,18-19H,10,13-16H2,1-4H3/b9-6+/t18-,19-/m0/s1. The number of esters is 2. The Kier molecular flexibility index (Phi) is 8.00. The Labute approximate surface area is 172 Å². The van der Waals surface area contributed by atoms with E-state index in [9.17, 15) is 14.4 Å². The van der Waals surface area contributed by atoms with E-state index in [0.717, 1.165) is 5.56 Å². The summed E-state index contributed by atoms with van der Waals surface area (Å²) in [7, 11) is 1.67. The number of hydrogen-bond donors (Lipinski definition) is 0. The number of allylic oxidation sites excluding steroid dienone is 2. The fourth-order valence-corrected chi connectivity index (χ4v) is 3.18. The summed E-state index contributed by atoms with van der Waals surface area (Å²) in [4.78, 5) is 39.1. The van der Waals surface area contributed by atoms with Crippen LogP contribution >= 0.6 is 0 Å².